The third-order valence-electron chi connectivity index (χ3n) is 7.65. The van der Waals surface area contributed by atoms with Gasteiger partial charge in [0.2, 0.25) is 0 Å². The summed E-state index contributed by atoms with van der Waals surface area (Å²) in [5.41, 5.74) is -0.0855. The van der Waals surface area contributed by atoms with Gasteiger partial charge in [0.05, 0.1) is 17.6 Å². The molecule has 3 aliphatic rings. The average Bonchev–Trinajstić information content (AvgIpc) is 2.86. The Bertz CT molecular complexity index is 666. The molecule has 0 aromatic heterocycles. The van der Waals surface area contributed by atoms with Crippen LogP contribution >= 0.6 is 0 Å². The Balaban J connectivity index is 2.04. The predicted molar refractivity (Wildman–Crippen MR) is 102 cm³/mol. The van der Waals surface area contributed by atoms with Crippen molar-refractivity contribution < 1.29 is 24.2 Å². The van der Waals surface area contributed by atoms with E-state index in [0.717, 1.165) is 31.3 Å². The standard InChI is InChI=1S/C22H34O5/c1-15(23)26-14-16-7-8-17-19(2,3)9-6-10-21(17,5)22(16)12-11-20(4,27-22)13-18(24)25/h7,17H,6,8-14H2,1-5H3,(H,24,25)/t17-,20-,21+,22+/m0/s1. The highest BCUT2D eigenvalue weighted by molar-refractivity contribution is 5.68. The maximum atomic E-state index is 11.5. The minimum absolute atomic E-state index is 0.000263. The molecule has 1 saturated carbocycles. The summed E-state index contributed by atoms with van der Waals surface area (Å²) in [6, 6.07) is 0. The average molecular weight is 379 g/mol. The lowest BCUT2D eigenvalue weighted by Gasteiger charge is -2.61. The molecule has 0 radical (unpaired) electrons. The van der Waals surface area contributed by atoms with Crippen molar-refractivity contribution in [1.82, 2.24) is 0 Å². The summed E-state index contributed by atoms with van der Waals surface area (Å²) in [5.74, 6) is -0.665. The number of aliphatic carboxylic acids is 1. The summed E-state index contributed by atoms with van der Waals surface area (Å²) >= 11 is 0. The van der Waals surface area contributed by atoms with Gasteiger partial charge in [0.25, 0.3) is 0 Å². The zero-order valence-corrected chi connectivity index (χ0v) is 17.4. The minimum Gasteiger partial charge on any atom is -0.481 e. The molecule has 3 rings (SSSR count). The van der Waals surface area contributed by atoms with E-state index in [9.17, 15) is 14.7 Å². The second-order valence-corrected chi connectivity index (χ2v) is 10.0. The van der Waals surface area contributed by atoms with Crippen molar-refractivity contribution in [2.75, 3.05) is 6.61 Å². The normalized spacial score (nSPS) is 40.3. The summed E-state index contributed by atoms with van der Waals surface area (Å²) in [6.07, 6.45) is 8.06. The van der Waals surface area contributed by atoms with Gasteiger partial charge in [-0.15, -0.1) is 0 Å². The molecule has 152 valence electrons. The Kier molecular flexibility index (Phi) is 4.99. The second-order valence-electron chi connectivity index (χ2n) is 10.0. The lowest BCUT2D eigenvalue weighted by molar-refractivity contribution is -0.196. The van der Waals surface area contributed by atoms with Crippen molar-refractivity contribution in [3.05, 3.63) is 11.6 Å². The third-order valence-corrected chi connectivity index (χ3v) is 7.65. The molecule has 1 spiro atoms. The molecule has 4 atom stereocenters. The first-order valence-corrected chi connectivity index (χ1v) is 10.2. The molecule has 5 heteroatoms. The van der Waals surface area contributed by atoms with Crippen LogP contribution in [0.25, 0.3) is 0 Å². The van der Waals surface area contributed by atoms with Crippen LogP contribution in [0.2, 0.25) is 0 Å². The molecule has 1 aliphatic heterocycles. The van der Waals surface area contributed by atoms with Crippen molar-refractivity contribution in [2.45, 2.75) is 90.8 Å². The molecule has 0 aromatic carbocycles. The second kappa shape index (κ2) is 6.61. The molecule has 27 heavy (non-hydrogen) atoms. The van der Waals surface area contributed by atoms with Gasteiger partial charge in [-0.1, -0.05) is 33.3 Å². The number of rotatable bonds is 4. The number of ether oxygens (including phenoxy) is 2. The van der Waals surface area contributed by atoms with E-state index in [4.69, 9.17) is 9.47 Å². The van der Waals surface area contributed by atoms with Crippen LogP contribution in [0.1, 0.15) is 79.6 Å². The Morgan fingerprint density at radius 3 is 2.52 bits per heavy atom. The minimum atomic E-state index is -0.832. The van der Waals surface area contributed by atoms with Crippen LogP contribution in [0, 0.1) is 16.7 Å². The zero-order chi connectivity index (χ0) is 20.1. The largest absolute Gasteiger partial charge is 0.481 e. The van der Waals surface area contributed by atoms with Gasteiger partial charge in [0.15, 0.2) is 0 Å². The first-order chi connectivity index (χ1) is 12.4. The monoisotopic (exact) mass is 378 g/mol. The first-order valence-electron chi connectivity index (χ1n) is 10.2. The number of esters is 1. The summed E-state index contributed by atoms with van der Waals surface area (Å²) in [4.78, 5) is 22.9. The molecule has 1 N–H and O–H groups in total. The zero-order valence-electron chi connectivity index (χ0n) is 17.4. The van der Waals surface area contributed by atoms with Crippen molar-refractivity contribution in [3.63, 3.8) is 0 Å². The van der Waals surface area contributed by atoms with Crippen molar-refractivity contribution in [2.24, 2.45) is 16.7 Å². The first kappa shape index (κ1) is 20.4. The van der Waals surface area contributed by atoms with E-state index in [1.54, 1.807) is 0 Å². The molecule has 0 aromatic rings. The van der Waals surface area contributed by atoms with E-state index in [2.05, 4.69) is 26.8 Å². The Morgan fingerprint density at radius 1 is 1.19 bits per heavy atom. The summed E-state index contributed by atoms with van der Waals surface area (Å²) in [7, 11) is 0. The van der Waals surface area contributed by atoms with Crippen LogP contribution in [0.15, 0.2) is 11.6 Å². The van der Waals surface area contributed by atoms with E-state index in [1.807, 2.05) is 6.92 Å². The van der Waals surface area contributed by atoms with Gasteiger partial charge in [-0.2, -0.15) is 0 Å². The summed E-state index contributed by atoms with van der Waals surface area (Å²) < 4.78 is 12.1. The molecule has 0 amide bonds. The fraction of sp³-hybridized carbons (Fsp3) is 0.818. The summed E-state index contributed by atoms with van der Waals surface area (Å²) in [5, 5.41) is 9.38. The quantitative estimate of drug-likeness (QED) is 0.576. The molecule has 1 heterocycles. The fourth-order valence-electron chi connectivity index (χ4n) is 6.37. The molecule has 0 unspecified atom stereocenters. The number of carboxylic acid groups (broad SMARTS) is 1. The lowest BCUT2D eigenvalue weighted by atomic mass is 9.46. The highest BCUT2D eigenvalue weighted by atomic mass is 16.5. The van der Waals surface area contributed by atoms with Crippen LogP contribution in [0.5, 0.6) is 0 Å². The highest BCUT2D eigenvalue weighted by Gasteiger charge is 2.65. The van der Waals surface area contributed by atoms with E-state index < -0.39 is 17.2 Å². The topological polar surface area (TPSA) is 72.8 Å². The maximum absolute atomic E-state index is 11.5. The molecule has 1 saturated heterocycles. The molecular weight excluding hydrogens is 344 g/mol. The molecule has 2 aliphatic carbocycles. The number of carbonyl (C=O) groups is 2. The fourth-order valence-corrected chi connectivity index (χ4v) is 6.37. The highest BCUT2D eigenvalue weighted by Crippen LogP contribution is 2.66. The number of hydrogen-bond donors (Lipinski definition) is 1. The Hall–Kier alpha value is -1.36. The van der Waals surface area contributed by atoms with Gasteiger partial charge in [-0.25, -0.2) is 0 Å². The SMILES string of the molecule is CC(=O)OCC1=CC[C@H]2C(C)(C)CCC[C@@]2(C)[C@@]12CC[C@@](C)(CC(=O)O)O2. The molecule has 2 fully saturated rings. The summed E-state index contributed by atoms with van der Waals surface area (Å²) in [6.45, 7) is 10.6. The number of carboxylic acids is 1. The number of carbonyl (C=O) groups excluding carboxylic acids is 1. The molecular formula is C22H34O5. The van der Waals surface area contributed by atoms with Crippen LogP contribution < -0.4 is 0 Å². The van der Waals surface area contributed by atoms with Crippen molar-refractivity contribution in [3.8, 4) is 0 Å². The maximum Gasteiger partial charge on any atom is 0.306 e. The van der Waals surface area contributed by atoms with Gasteiger partial charge in [0, 0.05) is 12.3 Å². The van der Waals surface area contributed by atoms with Crippen LogP contribution in [0.3, 0.4) is 0 Å². The number of fused-ring (bicyclic) bond motifs is 2. The van der Waals surface area contributed by atoms with Crippen LogP contribution in [0.4, 0.5) is 0 Å². The van der Waals surface area contributed by atoms with E-state index in [1.165, 1.54) is 13.3 Å². The predicted octanol–water partition coefficient (Wildman–Crippen LogP) is 4.49. The van der Waals surface area contributed by atoms with Gasteiger partial charge in [-0.05, 0) is 55.9 Å². The Labute approximate surface area is 162 Å². The van der Waals surface area contributed by atoms with E-state index in [-0.39, 0.29) is 29.8 Å². The van der Waals surface area contributed by atoms with Crippen LogP contribution in [-0.2, 0) is 19.1 Å². The van der Waals surface area contributed by atoms with Crippen LogP contribution in [-0.4, -0.2) is 34.9 Å². The van der Waals surface area contributed by atoms with Crippen molar-refractivity contribution in [1.29, 1.82) is 0 Å². The van der Waals surface area contributed by atoms with Crippen molar-refractivity contribution >= 4 is 11.9 Å². The molecule has 5 nitrogen and oxygen atoms in total. The van der Waals surface area contributed by atoms with Gasteiger partial charge in [0.1, 0.15) is 6.61 Å². The number of hydrogen-bond acceptors (Lipinski definition) is 4. The molecule has 0 bridgehead atoms. The smallest absolute Gasteiger partial charge is 0.306 e. The van der Waals surface area contributed by atoms with Gasteiger partial charge < -0.3 is 14.6 Å². The Morgan fingerprint density at radius 2 is 1.89 bits per heavy atom. The van der Waals surface area contributed by atoms with Gasteiger partial charge in [-0.3, -0.25) is 9.59 Å². The number of allylic oxidation sites excluding steroid dienone is 1. The third kappa shape index (κ3) is 3.32. The van der Waals surface area contributed by atoms with E-state index in [0.29, 0.717) is 12.3 Å². The lowest BCUT2D eigenvalue weighted by Crippen LogP contribution is -2.60. The van der Waals surface area contributed by atoms with E-state index >= 15 is 0 Å². The van der Waals surface area contributed by atoms with Gasteiger partial charge >= 0.3 is 11.9 Å².